The topological polar surface area (TPSA) is 12.5 Å². The summed E-state index contributed by atoms with van der Waals surface area (Å²) < 4.78 is 6.88. The summed E-state index contributed by atoms with van der Waals surface area (Å²) in [7, 11) is 0. The van der Waals surface area contributed by atoms with E-state index >= 15 is 0 Å². The molecule has 0 aliphatic carbocycles. The van der Waals surface area contributed by atoms with Crippen molar-refractivity contribution in [1.29, 1.82) is 0 Å². The first-order valence-electron chi connectivity index (χ1n) is 7.13. The van der Waals surface area contributed by atoms with Gasteiger partial charge in [-0.1, -0.05) is 48.5 Å². The van der Waals surface area contributed by atoms with Crippen molar-refractivity contribution in [3.8, 4) is 5.75 Å². The molecule has 0 radical (unpaired) electrons. The monoisotopic (exact) mass is 343 g/mol. The molecule has 0 N–H and O–H groups in total. The number of nitrogens with zero attached hydrogens (tertiary/aromatic N) is 1. The van der Waals surface area contributed by atoms with Gasteiger partial charge in [0.2, 0.25) is 0 Å². The van der Waals surface area contributed by atoms with E-state index in [0.717, 1.165) is 29.9 Å². The molecule has 21 heavy (non-hydrogen) atoms. The minimum atomic E-state index is 0.661. The summed E-state index contributed by atoms with van der Waals surface area (Å²) in [6.07, 6.45) is 2.28. The molecular weight excluding hydrogens is 326 g/mol. The van der Waals surface area contributed by atoms with Gasteiger partial charge < -0.3 is 4.74 Å². The molecule has 0 aromatic heterocycles. The fourth-order valence-electron chi connectivity index (χ4n) is 2.47. The molecule has 3 rings (SSSR count). The Morgan fingerprint density at radius 3 is 2.57 bits per heavy atom. The van der Waals surface area contributed by atoms with Gasteiger partial charge in [0.05, 0.1) is 4.47 Å². The highest BCUT2D eigenvalue weighted by atomic mass is 79.9. The highest BCUT2D eigenvalue weighted by Gasteiger charge is 2.15. The summed E-state index contributed by atoms with van der Waals surface area (Å²) in [5.41, 5.74) is 2.71. The third-order valence-corrected chi connectivity index (χ3v) is 4.22. The quantitative estimate of drug-likeness (QED) is 0.751. The van der Waals surface area contributed by atoms with E-state index in [2.05, 4.69) is 57.2 Å². The van der Waals surface area contributed by atoms with E-state index in [-0.39, 0.29) is 0 Å². The average Bonchev–Trinajstić information content (AvgIpc) is 2.95. The standard InChI is InChI=1S/C18H18BrNO/c19-17-8-4-5-9-18(17)21-14-16-10-11-20(13-16)12-15-6-2-1-3-7-15/h1-10H,11-14H2. The van der Waals surface area contributed by atoms with Crippen LogP contribution >= 0.6 is 15.9 Å². The fourth-order valence-corrected chi connectivity index (χ4v) is 2.87. The smallest absolute Gasteiger partial charge is 0.133 e. The molecule has 1 aliphatic rings. The van der Waals surface area contributed by atoms with E-state index in [1.807, 2.05) is 24.3 Å². The molecule has 0 bridgehead atoms. The van der Waals surface area contributed by atoms with Crippen LogP contribution in [0, 0.1) is 0 Å². The van der Waals surface area contributed by atoms with Crippen molar-refractivity contribution in [1.82, 2.24) is 4.90 Å². The highest BCUT2D eigenvalue weighted by Crippen LogP contribution is 2.24. The van der Waals surface area contributed by atoms with Gasteiger partial charge in [-0.05, 0) is 39.2 Å². The zero-order chi connectivity index (χ0) is 14.5. The summed E-state index contributed by atoms with van der Waals surface area (Å²) in [6.45, 7) is 3.65. The van der Waals surface area contributed by atoms with Crippen LogP contribution in [-0.4, -0.2) is 24.6 Å². The van der Waals surface area contributed by atoms with Gasteiger partial charge >= 0.3 is 0 Å². The van der Waals surface area contributed by atoms with Crippen molar-refractivity contribution in [2.45, 2.75) is 6.54 Å². The van der Waals surface area contributed by atoms with E-state index < -0.39 is 0 Å². The first kappa shape index (κ1) is 14.4. The van der Waals surface area contributed by atoms with Gasteiger partial charge in [0.1, 0.15) is 12.4 Å². The van der Waals surface area contributed by atoms with Crippen LogP contribution in [0.4, 0.5) is 0 Å². The maximum atomic E-state index is 5.88. The summed E-state index contributed by atoms with van der Waals surface area (Å²) in [5.74, 6) is 0.903. The maximum Gasteiger partial charge on any atom is 0.133 e. The number of hydrogen-bond donors (Lipinski definition) is 0. The zero-order valence-electron chi connectivity index (χ0n) is 11.8. The van der Waals surface area contributed by atoms with Crippen LogP contribution in [0.3, 0.4) is 0 Å². The van der Waals surface area contributed by atoms with E-state index in [9.17, 15) is 0 Å². The van der Waals surface area contributed by atoms with Crippen LogP contribution in [0.15, 0.2) is 70.7 Å². The second kappa shape index (κ2) is 6.92. The van der Waals surface area contributed by atoms with Gasteiger partial charge in [-0.15, -0.1) is 0 Å². The van der Waals surface area contributed by atoms with Crippen LogP contribution in [0.1, 0.15) is 5.56 Å². The lowest BCUT2D eigenvalue weighted by atomic mass is 10.2. The molecule has 0 unspecified atom stereocenters. The van der Waals surface area contributed by atoms with Crippen LogP contribution in [0.2, 0.25) is 0 Å². The minimum absolute atomic E-state index is 0.661. The van der Waals surface area contributed by atoms with Crippen LogP contribution in [0.25, 0.3) is 0 Å². The number of para-hydroxylation sites is 1. The second-order valence-corrected chi connectivity index (χ2v) is 6.09. The minimum Gasteiger partial charge on any atom is -0.488 e. The summed E-state index contributed by atoms with van der Waals surface area (Å²) in [4.78, 5) is 2.42. The Morgan fingerprint density at radius 1 is 1.00 bits per heavy atom. The Kier molecular flexibility index (Phi) is 4.73. The molecule has 0 saturated carbocycles. The molecule has 2 nitrogen and oxygen atoms in total. The average molecular weight is 344 g/mol. The third kappa shape index (κ3) is 3.96. The molecule has 0 fully saturated rings. The van der Waals surface area contributed by atoms with Gasteiger partial charge in [-0.3, -0.25) is 4.90 Å². The second-order valence-electron chi connectivity index (χ2n) is 5.24. The van der Waals surface area contributed by atoms with Crippen molar-refractivity contribution in [2.75, 3.05) is 19.7 Å². The molecule has 1 aliphatic heterocycles. The zero-order valence-corrected chi connectivity index (χ0v) is 13.4. The Labute approximate surface area is 134 Å². The van der Waals surface area contributed by atoms with Gasteiger partial charge in [-0.2, -0.15) is 0 Å². The lowest BCUT2D eigenvalue weighted by Gasteiger charge is -2.16. The number of ether oxygens (including phenoxy) is 1. The normalized spacial score (nSPS) is 15.0. The first-order valence-corrected chi connectivity index (χ1v) is 7.92. The van der Waals surface area contributed by atoms with Crippen molar-refractivity contribution < 1.29 is 4.74 Å². The molecule has 2 aromatic rings. The van der Waals surface area contributed by atoms with Crippen LogP contribution in [0.5, 0.6) is 5.75 Å². The molecule has 0 spiro atoms. The summed E-state index contributed by atoms with van der Waals surface area (Å²) >= 11 is 3.51. The van der Waals surface area contributed by atoms with Gasteiger partial charge in [0.25, 0.3) is 0 Å². The first-order chi connectivity index (χ1) is 10.3. The SMILES string of the molecule is Brc1ccccc1OCC1=CCN(Cc2ccccc2)C1. The lowest BCUT2D eigenvalue weighted by Crippen LogP contribution is -2.21. The van der Waals surface area contributed by atoms with Gasteiger partial charge in [0, 0.05) is 19.6 Å². The Bertz CT molecular complexity index is 624. The Morgan fingerprint density at radius 2 is 1.76 bits per heavy atom. The molecule has 0 amide bonds. The number of benzene rings is 2. The maximum absolute atomic E-state index is 5.88. The highest BCUT2D eigenvalue weighted by molar-refractivity contribution is 9.10. The van der Waals surface area contributed by atoms with Gasteiger partial charge in [-0.25, -0.2) is 0 Å². The predicted molar refractivity (Wildman–Crippen MR) is 89.4 cm³/mol. The Hall–Kier alpha value is -1.58. The van der Waals surface area contributed by atoms with Crippen LogP contribution < -0.4 is 4.74 Å². The number of hydrogen-bond acceptors (Lipinski definition) is 2. The molecule has 0 saturated heterocycles. The Balaban J connectivity index is 1.50. The van der Waals surface area contributed by atoms with E-state index in [0.29, 0.717) is 6.61 Å². The van der Waals surface area contributed by atoms with Crippen molar-refractivity contribution >= 4 is 15.9 Å². The molecule has 0 atom stereocenters. The fraction of sp³-hybridized carbons (Fsp3) is 0.222. The molecule has 108 valence electrons. The van der Waals surface area contributed by atoms with Gasteiger partial charge in [0.15, 0.2) is 0 Å². The molecule has 3 heteroatoms. The molecule has 1 heterocycles. The van der Waals surface area contributed by atoms with Crippen LogP contribution in [-0.2, 0) is 6.54 Å². The predicted octanol–water partition coefficient (Wildman–Crippen LogP) is 4.27. The largest absolute Gasteiger partial charge is 0.488 e. The van der Waals surface area contributed by atoms with Crippen molar-refractivity contribution in [2.24, 2.45) is 0 Å². The lowest BCUT2D eigenvalue weighted by molar-refractivity contribution is 0.311. The van der Waals surface area contributed by atoms with E-state index in [4.69, 9.17) is 4.74 Å². The number of rotatable bonds is 5. The van der Waals surface area contributed by atoms with Crippen molar-refractivity contribution in [3.05, 3.63) is 76.3 Å². The summed E-state index contributed by atoms with van der Waals surface area (Å²) in [6, 6.07) is 18.6. The number of halogens is 1. The van der Waals surface area contributed by atoms with E-state index in [1.165, 1.54) is 11.1 Å². The van der Waals surface area contributed by atoms with E-state index in [1.54, 1.807) is 0 Å². The molecule has 2 aromatic carbocycles. The molecular formula is C18H18BrNO. The third-order valence-electron chi connectivity index (χ3n) is 3.56. The summed E-state index contributed by atoms with van der Waals surface area (Å²) in [5, 5.41) is 0. The van der Waals surface area contributed by atoms with Crippen molar-refractivity contribution in [3.63, 3.8) is 0 Å².